The number of halogens is 1. The van der Waals surface area contributed by atoms with Crippen molar-refractivity contribution in [1.29, 1.82) is 0 Å². The number of hydrogen-bond donors (Lipinski definition) is 2. The van der Waals surface area contributed by atoms with E-state index in [2.05, 4.69) is 5.10 Å². The Morgan fingerprint density at radius 2 is 1.85 bits per heavy atom. The molecule has 0 saturated heterocycles. The first kappa shape index (κ1) is 14.1. The number of aromatic nitrogens is 2. The smallest absolute Gasteiger partial charge is 0.340 e. The lowest BCUT2D eigenvalue weighted by Gasteiger charge is -2.04. The zero-order chi connectivity index (χ0) is 14.9. The molecule has 1 aromatic heterocycles. The molecule has 0 amide bonds. The minimum atomic E-state index is -1.14. The number of carbonyl (C=O) groups is 2. The van der Waals surface area contributed by atoms with Crippen LogP contribution in [0.25, 0.3) is 5.69 Å². The Morgan fingerprint density at radius 1 is 1.25 bits per heavy atom. The average molecular weight is 295 g/mol. The summed E-state index contributed by atoms with van der Waals surface area (Å²) in [6.07, 6.45) is -0.0769. The minimum absolute atomic E-state index is 0.0148. The van der Waals surface area contributed by atoms with Crippen molar-refractivity contribution in [1.82, 2.24) is 9.78 Å². The van der Waals surface area contributed by atoms with Gasteiger partial charge in [0.2, 0.25) is 0 Å². The van der Waals surface area contributed by atoms with Gasteiger partial charge in [0.1, 0.15) is 10.7 Å². The number of carboxylic acids is 2. The highest BCUT2D eigenvalue weighted by atomic mass is 35.5. The minimum Gasteiger partial charge on any atom is -0.481 e. The fraction of sp³-hybridized carbons (Fsp3) is 0.154. The number of aryl methyl sites for hydroxylation is 1. The molecular weight excluding hydrogens is 284 g/mol. The maximum absolute atomic E-state index is 11.1. The van der Waals surface area contributed by atoms with Crippen LogP contribution in [-0.2, 0) is 11.2 Å². The van der Waals surface area contributed by atoms with Gasteiger partial charge in [0, 0.05) is 0 Å². The second-order valence-corrected chi connectivity index (χ2v) is 4.56. The molecule has 2 rings (SSSR count). The fourth-order valence-electron chi connectivity index (χ4n) is 1.84. The van der Waals surface area contributed by atoms with Gasteiger partial charge in [-0.2, -0.15) is 5.10 Å². The molecule has 0 aliphatic heterocycles. The van der Waals surface area contributed by atoms with Crippen LogP contribution in [0.2, 0.25) is 5.15 Å². The van der Waals surface area contributed by atoms with Gasteiger partial charge >= 0.3 is 11.9 Å². The second-order valence-electron chi connectivity index (χ2n) is 4.21. The summed E-state index contributed by atoms with van der Waals surface area (Å²) < 4.78 is 1.31. The molecule has 7 heteroatoms. The number of carboxylic acid groups (broad SMARTS) is 2. The van der Waals surface area contributed by atoms with E-state index in [4.69, 9.17) is 21.8 Å². The quantitative estimate of drug-likeness (QED) is 0.901. The van der Waals surface area contributed by atoms with E-state index in [1.54, 1.807) is 31.2 Å². The van der Waals surface area contributed by atoms with Crippen molar-refractivity contribution in [2.24, 2.45) is 0 Å². The summed E-state index contributed by atoms with van der Waals surface area (Å²) in [5.41, 5.74) is 1.48. The summed E-state index contributed by atoms with van der Waals surface area (Å²) in [6.45, 7) is 1.56. The van der Waals surface area contributed by atoms with E-state index in [1.165, 1.54) is 4.68 Å². The van der Waals surface area contributed by atoms with Crippen molar-refractivity contribution in [3.05, 3.63) is 46.2 Å². The van der Waals surface area contributed by atoms with Crippen LogP contribution in [0.5, 0.6) is 0 Å². The van der Waals surface area contributed by atoms with Crippen LogP contribution in [0.15, 0.2) is 24.3 Å². The standard InChI is InChI=1S/C13H11ClN2O4/c1-7-11(13(19)20)12(14)16(15-7)9-4-2-8(3-5-9)6-10(17)18/h2-5H,6H2,1H3,(H,17,18)(H,19,20). The topological polar surface area (TPSA) is 92.4 Å². The van der Waals surface area contributed by atoms with Crippen LogP contribution in [0, 0.1) is 6.92 Å². The molecule has 0 spiro atoms. The predicted molar refractivity (Wildman–Crippen MR) is 71.6 cm³/mol. The van der Waals surface area contributed by atoms with Gasteiger partial charge in [0.25, 0.3) is 0 Å². The summed E-state index contributed by atoms with van der Waals surface area (Å²) in [4.78, 5) is 21.7. The van der Waals surface area contributed by atoms with Crippen LogP contribution in [0.3, 0.4) is 0 Å². The highest BCUT2D eigenvalue weighted by Gasteiger charge is 2.20. The normalized spacial score (nSPS) is 10.5. The van der Waals surface area contributed by atoms with Crippen LogP contribution < -0.4 is 0 Å². The van der Waals surface area contributed by atoms with Gasteiger partial charge in [0.05, 0.1) is 17.8 Å². The molecule has 0 bridgehead atoms. The van der Waals surface area contributed by atoms with E-state index in [0.717, 1.165) is 0 Å². The second kappa shape index (κ2) is 5.34. The monoisotopic (exact) mass is 294 g/mol. The SMILES string of the molecule is Cc1nn(-c2ccc(CC(=O)O)cc2)c(Cl)c1C(=O)O. The molecule has 0 radical (unpaired) electrons. The number of aromatic carboxylic acids is 1. The highest BCUT2D eigenvalue weighted by Crippen LogP contribution is 2.23. The number of aliphatic carboxylic acids is 1. The van der Waals surface area contributed by atoms with E-state index in [1.807, 2.05) is 0 Å². The molecule has 104 valence electrons. The van der Waals surface area contributed by atoms with Crippen LogP contribution in [0.4, 0.5) is 0 Å². The Bertz CT molecular complexity index is 676. The molecule has 0 aliphatic rings. The van der Waals surface area contributed by atoms with E-state index < -0.39 is 11.9 Å². The van der Waals surface area contributed by atoms with Crippen LogP contribution in [-0.4, -0.2) is 31.9 Å². The Kier molecular flexibility index (Phi) is 3.76. The van der Waals surface area contributed by atoms with Crippen molar-refractivity contribution in [2.45, 2.75) is 13.3 Å². The fourth-order valence-corrected chi connectivity index (χ4v) is 2.20. The van der Waals surface area contributed by atoms with Crippen molar-refractivity contribution in [2.75, 3.05) is 0 Å². The molecule has 0 atom stereocenters. The van der Waals surface area contributed by atoms with Crippen LogP contribution >= 0.6 is 11.6 Å². The molecule has 1 aromatic carbocycles. The number of nitrogens with zero attached hydrogens (tertiary/aromatic N) is 2. The first-order valence-electron chi connectivity index (χ1n) is 5.69. The number of rotatable bonds is 4. The number of hydrogen-bond acceptors (Lipinski definition) is 3. The third-order valence-electron chi connectivity index (χ3n) is 2.75. The summed E-state index contributed by atoms with van der Waals surface area (Å²) in [5.74, 6) is -2.06. The van der Waals surface area contributed by atoms with Gasteiger partial charge in [-0.05, 0) is 24.6 Å². The summed E-state index contributed by atoms with van der Waals surface area (Å²) in [7, 11) is 0. The van der Waals surface area contributed by atoms with E-state index in [-0.39, 0.29) is 17.1 Å². The largest absolute Gasteiger partial charge is 0.481 e. The zero-order valence-corrected chi connectivity index (χ0v) is 11.3. The van der Waals surface area contributed by atoms with Crippen molar-refractivity contribution < 1.29 is 19.8 Å². The Hall–Kier alpha value is -2.34. The van der Waals surface area contributed by atoms with Crippen LogP contribution in [0.1, 0.15) is 21.6 Å². The van der Waals surface area contributed by atoms with Crippen molar-refractivity contribution >= 4 is 23.5 Å². The van der Waals surface area contributed by atoms with E-state index >= 15 is 0 Å². The third-order valence-corrected chi connectivity index (χ3v) is 3.10. The first-order valence-corrected chi connectivity index (χ1v) is 6.07. The maximum Gasteiger partial charge on any atom is 0.340 e. The molecule has 6 nitrogen and oxygen atoms in total. The number of benzene rings is 1. The Morgan fingerprint density at radius 3 is 2.30 bits per heavy atom. The first-order chi connectivity index (χ1) is 9.40. The molecule has 2 N–H and O–H groups in total. The highest BCUT2D eigenvalue weighted by molar-refractivity contribution is 6.32. The summed E-state index contributed by atoms with van der Waals surface area (Å²) in [5, 5.41) is 21.8. The van der Waals surface area contributed by atoms with Crippen molar-refractivity contribution in [3.63, 3.8) is 0 Å². The van der Waals surface area contributed by atoms with Gasteiger partial charge in [0.15, 0.2) is 0 Å². The van der Waals surface area contributed by atoms with Gasteiger partial charge in [-0.15, -0.1) is 0 Å². The summed E-state index contributed by atoms with van der Waals surface area (Å²) >= 11 is 6.01. The van der Waals surface area contributed by atoms with Gasteiger partial charge < -0.3 is 10.2 Å². The molecule has 1 heterocycles. The molecule has 0 fully saturated rings. The van der Waals surface area contributed by atoms with Gasteiger partial charge in [-0.1, -0.05) is 23.7 Å². The lowest BCUT2D eigenvalue weighted by Crippen LogP contribution is -2.02. The molecule has 0 unspecified atom stereocenters. The molecule has 20 heavy (non-hydrogen) atoms. The zero-order valence-electron chi connectivity index (χ0n) is 10.5. The lowest BCUT2D eigenvalue weighted by molar-refractivity contribution is -0.136. The maximum atomic E-state index is 11.1. The third kappa shape index (κ3) is 2.65. The summed E-state index contributed by atoms with van der Waals surface area (Å²) in [6, 6.07) is 6.55. The predicted octanol–water partition coefficient (Wildman–Crippen LogP) is 2.16. The van der Waals surface area contributed by atoms with Gasteiger partial charge in [-0.25, -0.2) is 9.48 Å². The van der Waals surface area contributed by atoms with Crippen molar-refractivity contribution in [3.8, 4) is 5.69 Å². The Labute approximate surface area is 119 Å². The van der Waals surface area contributed by atoms with Gasteiger partial charge in [-0.3, -0.25) is 4.79 Å². The Balaban J connectivity index is 2.40. The molecular formula is C13H11ClN2O4. The van der Waals surface area contributed by atoms with E-state index in [9.17, 15) is 9.59 Å². The average Bonchev–Trinajstić information content (AvgIpc) is 2.65. The molecule has 2 aromatic rings. The molecule has 0 aliphatic carbocycles. The molecule has 0 saturated carbocycles. The van der Waals surface area contributed by atoms with E-state index in [0.29, 0.717) is 16.9 Å². The lowest BCUT2D eigenvalue weighted by atomic mass is 10.1.